The molecule has 0 radical (unpaired) electrons. The van der Waals surface area contributed by atoms with Crippen LogP contribution in [0, 0.1) is 0 Å². The van der Waals surface area contributed by atoms with Crippen LogP contribution >= 0.6 is 0 Å². The highest BCUT2D eigenvalue weighted by molar-refractivity contribution is 7.85. The van der Waals surface area contributed by atoms with Gasteiger partial charge in [-0.2, -0.15) is 0 Å². The molecule has 0 aromatic heterocycles. The molecule has 1 atom stereocenters. The van der Waals surface area contributed by atoms with Gasteiger partial charge in [0.2, 0.25) is 0 Å². The van der Waals surface area contributed by atoms with E-state index in [1.54, 1.807) is 0 Å². The van der Waals surface area contributed by atoms with Crippen molar-refractivity contribution in [3.63, 3.8) is 0 Å². The zero-order valence-corrected chi connectivity index (χ0v) is 10.8. The Morgan fingerprint density at radius 2 is 1.81 bits per heavy atom. The molecule has 0 amide bonds. The lowest BCUT2D eigenvalue weighted by Crippen LogP contribution is -2.12. The van der Waals surface area contributed by atoms with Crippen LogP contribution in [-0.2, 0) is 10.8 Å². The molecule has 0 heterocycles. The van der Waals surface area contributed by atoms with E-state index in [4.69, 9.17) is 0 Å². The molecule has 3 heteroatoms. The van der Waals surface area contributed by atoms with Gasteiger partial charge < -0.3 is 0 Å². The van der Waals surface area contributed by atoms with Crippen LogP contribution < -0.4 is 0 Å². The maximum Gasteiger partial charge on any atom is 0.175 e. The highest BCUT2D eigenvalue weighted by Gasteiger charge is 2.09. The van der Waals surface area contributed by atoms with Gasteiger partial charge in [-0.05, 0) is 11.5 Å². The van der Waals surface area contributed by atoms with Crippen LogP contribution in [0.1, 0.15) is 42.6 Å². The highest BCUT2D eigenvalue weighted by Crippen LogP contribution is 2.15. The summed E-state index contributed by atoms with van der Waals surface area (Å²) in [6, 6.07) is 7.58. The number of Topliss-reactive ketones (excluding diaryl/α,β-unsaturated/α-hetero) is 1. The molecule has 0 fully saturated rings. The van der Waals surface area contributed by atoms with Crippen LogP contribution in [-0.4, -0.2) is 21.5 Å². The molecule has 0 aliphatic heterocycles. The van der Waals surface area contributed by atoms with E-state index in [-0.39, 0.29) is 11.5 Å². The van der Waals surface area contributed by atoms with E-state index in [0.29, 0.717) is 17.2 Å². The molecule has 1 aromatic carbocycles. The van der Waals surface area contributed by atoms with Gasteiger partial charge >= 0.3 is 0 Å². The van der Waals surface area contributed by atoms with E-state index in [0.717, 1.165) is 0 Å². The van der Waals surface area contributed by atoms with E-state index in [2.05, 4.69) is 13.8 Å². The van der Waals surface area contributed by atoms with Crippen LogP contribution in [0.5, 0.6) is 0 Å². The number of ketones is 1. The summed E-state index contributed by atoms with van der Waals surface area (Å²) in [5.74, 6) is 1.11. The first-order valence-corrected chi connectivity index (χ1v) is 7.01. The zero-order valence-electron chi connectivity index (χ0n) is 10.0. The van der Waals surface area contributed by atoms with Crippen LogP contribution in [0.25, 0.3) is 0 Å². The Morgan fingerprint density at radius 1 is 1.25 bits per heavy atom. The standard InChI is InChI=1S/C13H18O2S/c1-4-16(15)9-13(14)12-7-5-11(6-8-12)10(2)3/h5-8,10H,4,9H2,1-3H3. The number of benzene rings is 1. The lowest BCUT2D eigenvalue weighted by atomic mass is 10.0. The van der Waals surface area contributed by atoms with E-state index < -0.39 is 10.8 Å². The van der Waals surface area contributed by atoms with Crippen molar-refractivity contribution in [2.45, 2.75) is 26.7 Å². The zero-order chi connectivity index (χ0) is 12.1. The average Bonchev–Trinajstić information content (AvgIpc) is 2.28. The molecule has 1 unspecified atom stereocenters. The molecular formula is C13H18O2S. The van der Waals surface area contributed by atoms with Crippen molar-refractivity contribution in [3.8, 4) is 0 Å². The van der Waals surface area contributed by atoms with Crippen LogP contribution in [0.2, 0.25) is 0 Å². The maximum atomic E-state index is 11.7. The normalized spacial score (nSPS) is 12.8. The number of hydrogen-bond donors (Lipinski definition) is 0. The third-order valence-electron chi connectivity index (χ3n) is 2.51. The predicted octanol–water partition coefficient (Wildman–Crippen LogP) is 2.76. The number of carbonyl (C=O) groups excluding carboxylic acids is 1. The smallest absolute Gasteiger partial charge is 0.175 e. The summed E-state index contributed by atoms with van der Waals surface area (Å²) in [5, 5.41) is 0. The minimum Gasteiger partial charge on any atom is -0.293 e. The van der Waals surface area contributed by atoms with Gasteiger partial charge in [0, 0.05) is 22.1 Å². The lowest BCUT2D eigenvalue weighted by Gasteiger charge is -2.06. The first-order valence-electron chi connectivity index (χ1n) is 5.52. The van der Waals surface area contributed by atoms with Crippen molar-refractivity contribution in [1.82, 2.24) is 0 Å². The van der Waals surface area contributed by atoms with Crippen molar-refractivity contribution < 1.29 is 9.00 Å². The Morgan fingerprint density at radius 3 is 2.25 bits per heavy atom. The van der Waals surface area contributed by atoms with Gasteiger partial charge in [-0.15, -0.1) is 0 Å². The second-order valence-electron chi connectivity index (χ2n) is 4.07. The molecule has 0 saturated heterocycles. The Hall–Kier alpha value is -0.960. The van der Waals surface area contributed by atoms with Gasteiger partial charge in [-0.1, -0.05) is 45.0 Å². The molecule has 0 spiro atoms. The van der Waals surface area contributed by atoms with E-state index in [1.807, 2.05) is 31.2 Å². The van der Waals surface area contributed by atoms with Crippen molar-refractivity contribution >= 4 is 16.6 Å². The van der Waals surface area contributed by atoms with Gasteiger partial charge in [-0.25, -0.2) is 0 Å². The third-order valence-corrected chi connectivity index (χ3v) is 3.74. The molecule has 0 N–H and O–H groups in total. The highest BCUT2D eigenvalue weighted by atomic mass is 32.2. The number of hydrogen-bond acceptors (Lipinski definition) is 2. The summed E-state index contributed by atoms with van der Waals surface area (Å²) in [5.41, 5.74) is 1.87. The third kappa shape index (κ3) is 3.56. The quantitative estimate of drug-likeness (QED) is 0.739. The van der Waals surface area contributed by atoms with E-state index in [9.17, 15) is 9.00 Å². The molecule has 2 nitrogen and oxygen atoms in total. The minimum absolute atomic E-state index is 0.0320. The first-order chi connectivity index (χ1) is 7.54. The van der Waals surface area contributed by atoms with Crippen LogP contribution in [0.4, 0.5) is 0 Å². The van der Waals surface area contributed by atoms with Crippen molar-refractivity contribution in [3.05, 3.63) is 35.4 Å². The lowest BCUT2D eigenvalue weighted by molar-refractivity contribution is 0.102. The number of rotatable bonds is 5. The summed E-state index contributed by atoms with van der Waals surface area (Å²) in [6.07, 6.45) is 0. The van der Waals surface area contributed by atoms with Crippen LogP contribution in [0.3, 0.4) is 0 Å². The fourth-order valence-electron chi connectivity index (χ4n) is 1.39. The molecule has 0 aliphatic carbocycles. The van der Waals surface area contributed by atoms with E-state index in [1.165, 1.54) is 5.56 Å². The molecular weight excluding hydrogens is 220 g/mol. The summed E-state index contributed by atoms with van der Waals surface area (Å²) < 4.78 is 11.3. The number of carbonyl (C=O) groups is 1. The predicted molar refractivity (Wildman–Crippen MR) is 68.4 cm³/mol. The molecule has 0 saturated carbocycles. The summed E-state index contributed by atoms with van der Waals surface area (Å²) in [7, 11) is -1.02. The van der Waals surface area contributed by atoms with Crippen LogP contribution in [0.15, 0.2) is 24.3 Å². The molecule has 1 rings (SSSR count). The maximum absolute atomic E-state index is 11.7. The molecule has 16 heavy (non-hydrogen) atoms. The van der Waals surface area contributed by atoms with Gasteiger partial charge in [0.25, 0.3) is 0 Å². The second-order valence-corrected chi connectivity index (χ2v) is 5.82. The van der Waals surface area contributed by atoms with Gasteiger partial charge in [0.05, 0.1) is 5.75 Å². The monoisotopic (exact) mass is 238 g/mol. The van der Waals surface area contributed by atoms with Crippen molar-refractivity contribution in [2.75, 3.05) is 11.5 Å². The van der Waals surface area contributed by atoms with Gasteiger partial charge in [-0.3, -0.25) is 9.00 Å². The Kier molecular flexibility index (Phi) is 4.87. The summed E-state index contributed by atoms with van der Waals surface area (Å²) >= 11 is 0. The van der Waals surface area contributed by atoms with Gasteiger partial charge in [0.1, 0.15) is 0 Å². The Bertz CT molecular complexity index is 379. The van der Waals surface area contributed by atoms with Crippen molar-refractivity contribution in [1.29, 1.82) is 0 Å². The Labute approximate surface area is 99.5 Å². The second kappa shape index (κ2) is 5.94. The largest absolute Gasteiger partial charge is 0.293 e. The summed E-state index contributed by atoms with van der Waals surface area (Å²) in [4.78, 5) is 11.7. The van der Waals surface area contributed by atoms with Gasteiger partial charge in [0.15, 0.2) is 5.78 Å². The molecule has 0 aliphatic rings. The average molecular weight is 238 g/mol. The first kappa shape index (κ1) is 13.1. The SMILES string of the molecule is CCS(=O)CC(=O)c1ccc(C(C)C)cc1. The fourth-order valence-corrected chi connectivity index (χ4v) is 2.05. The van der Waals surface area contributed by atoms with Crippen molar-refractivity contribution in [2.24, 2.45) is 0 Å². The van der Waals surface area contributed by atoms with E-state index >= 15 is 0 Å². The molecule has 88 valence electrons. The Balaban J connectivity index is 2.74. The molecule has 0 bridgehead atoms. The minimum atomic E-state index is -1.02. The molecule has 1 aromatic rings. The fraction of sp³-hybridized carbons (Fsp3) is 0.462. The summed E-state index contributed by atoms with van der Waals surface area (Å²) in [6.45, 7) is 6.05. The topological polar surface area (TPSA) is 34.1 Å².